The zero-order valence-corrected chi connectivity index (χ0v) is 10.8. The van der Waals surface area contributed by atoms with Crippen LogP contribution in [0.4, 0.5) is 10.1 Å². The molecule has 0 radical (unpaired) electrons. The number of halogens is 2. The van der Waals surface area contributed by atoms with E-state index in [1.807, 2.05) is 20.8 Å². The van der Waals surface area contributed by atoms with E-state index in [0.29, 0.717) is 0 Å². The molecule has 94 valence electrons. The van der Waals surface area contributed by atoms with Gasteiger partial charge < -0.3 is 11.1 Å². The summed E-state index contributed by atoms with van der Waals surface area (Å²) in [5, 5.41) is 2.72. The quantitative estimate of drug-likeness (QED) is 0.857. The van der Waals surface area contributed by atoms with E-state index >= 15 is 0 Å². The van der Waals surface area contributed by atoms with E-state index in [-0.39, 0.29) is 16.1 Å². The fraction of sp³-hybridized carbons (Fsp3) is 0.417. The molecular weight excluding hydrogens is 243 g/mol. The van der Waals surface area contributed by atoms with Gasteiger partial charge in [-0.25, -0.2) is 4.39 Å². The molecule has 0 saturated heterocycles. The Kier molecular flexibility index (Phi) is 4.11. The van der Waals surface area contributed by atoms with Crippen molar-refractivity contribution >= 4 is 23.2 Å². The minimum absolute atomic E-state index is 0.0825. The summed E-state index contributed by atoms with van der Waals surface area (Å²) in [6.45, 7) is 5.53. The van der Waals surface area contributed by atoms with Crippen molar-refractivity contribution in [2.75, 3.05) is 5.32 Å². The first-order valence-electron chi connectivity index (χ1n) is 5.23. The topological polar surface area (TPSA) is 55.1 Å². The molecule has 1 aromatic carbocycles. The number of carbonyl (C=O) groups excluding carboxylic acids is 1. The first-order valence-corrected chi connectivity index (χ1v) is 5.61. The summed E-state index contributed by atoms with van der Waals surface area (Å²) in [5.74, 6) is -0.995. The van der Waals surface area contributed by atoms with Crippen LogP contribution < -0.4 is 11.1 Å². The van der Waals surface area contributed by atoms with Gasteiger partial charge in [-0.3, -0.25) is 4.79 Å². The minimum Gasteiger partial charge on any atom is -0.322 e. The van der Waals surface area contributed by atoms with Crippen molar-refractivity contribution in [2.45, 2.75) is 26.8 Å². The predicted octanol–water partition coefficient (Wildman–Crippen LogP) is 2.79. The number of hydrogen-bond acceptors (Lipinski definition) is 2. The number of anilines is 1. The molecule has 1 rings (SSSR count). The standard InChI is InChI=1S/C12H16ClFN2O/c1-12(2,3)10(15)11(17)16-9-5-4-7(13)6-8(9)14/h4-6,10H,15H2,1-3H3,(H,16,17)/t10-/m0/s1. The van der Waals surface area contributed by atoms with Crippen LogP contribution in [-0.4, -0.2) is 11.9 Å². The minimum atomic E-state index is -0.711. The van der Waals surface area contributed by atoms with Crippen LogP contribution in [0.15, 0.2) is 18.2 Å². The van der Waals surface area contributed by atoms with Gasteiger partial charge in [0.05, 0.1) is 11.7 Å². The summed E-state index contributed by atoms with van der Waals surface area (Å²) in [6.07, 6.45) is 0. The highest BCUT2D eigenvalue weighted by atomic mass is 35.5. The van der Waals surface area contributed by atoms with E-state index in [9.17, 15) is 9.18 Å². The molecule has 3 N–H and O–H groups in total. The first-order chi connectivity index (χ1) is 7.71. The predicted molar refractivity (Wildman–Crippen MR) is 67.5 cm³/mol. The molecule has 17 heavy (non-hydrogen) atoms. The Hall–Kier alpha value is -1.13. The fourth-order valence-corrected chi connectivity index (χ4v) is 1.35. The Morgan fingerprint density at radius 2 is 2.06 bits per heavy atom. The summed E-state index contributed by atoms with van der Waals surface area (Å²) in [4.78, 5) is 11.8. The first kappa shape index (κ1) is 13.9. The third kappa shape index (κ3) is 3.68. The van der Waals surface area contributed by atoms with Crippen LogP contribution in [0.3, 0.4) is 0 Å². The molecule has 0 fully saturated rings. The molecule has 0 unspecified atom stereocenters. The molecule has 1 atom stereocenters. The second kappa shape index (κ2) is 5.02. The Balaban J connectivity index is 2.82. The largest absolute Gasteiger partial charge is 0.322 e. The SMILES string of the molecule is CC(C)(C)[C@@H](N)C(=O)Nc1ccc(Cl)cc1F. The van der Waals surface area contributed by atoms with E-state index < -0.39 is 17.8 Å². The van der Waals surface area contributed by atoms with Crippen LogP contribution >= 0.6 is 11.6 Å². The second-order valence-corrected chi connectivity index (χ2v) is 5.39. The Labute approximate surface area is 105 Å². The number of amides is 1. The summed E-state index contributed by atoms with van der Waals surface area (Å²) in [6, 6.07) is 3.34. The van der Waals surface area contributed by atoms with Crippen LogP contribution in [0.2, 0.25) is 5.02 Å². The van der Waals surface area contributed by atoms with Crippen LogP contribution in [0, 0.1) is 11.2 Å². The number of nitrogens with two attached hydrogens (primary N) is 1. The molecule has 1 amide bonds. The Morgan fingerprint density at radius 3 is 2.53 bits per heavy atom. The van der Waals surface area contributed by atoms with E-state index in [1.54, 1.807) is 0 Å². The second-order valence-electron chi connectivity index (χ2n) is 4.96. The molecule has 0 aliphatic carbocycles. The Bertz CT molecular complexity index is 429. The summed E-state index contributed by atoms with van der Waals surface area (Å²) >= 11 is 5.61. The Morgan fingerprint density at radius 1 is 1.47 bits per heavy atom. The lowest BCUT2D eigenvalue weighted by Gasteiger charge is -2.25. The maximum absolute atomic E-state index is 13.4. The van der Waals surface area contributed by atoms with Crippen LogP contribution in [-0.2, 0) is 4.79 Å². The zero-order chi connectivity index (χ0) is 13.2. The van der Waals surface area contributed by atoms with E-state index in [1.165, 1.54) is 12.1 Å². The molecule has 5 heteroatoms. The monoisotopic (exact) mass is 258 g/mol. The normalized spacial score (nSPS) is 13.3. The van der Waals surface area contributed by atoms with Gasteiger partial charge in [0, 0.05) is 5.02 Å². The van der Waals surface area contributed by atoms with Crippen molar-refractivity contribution in [1.82, 2.24) is 0 Å². The average Bonchev–Trinajstić information content (AvgIpc) is 2.19. The van der Waals surface area contributed by atoms with Gasteiger partial charge >= 0.3 is 0 Å². The van der Waals surface area contributed by atoms with Gasteiger partial charge in [0.15, 0.2) is 0 Å². The van der Waals surface area contributed by atoms with Crippen molar-refractivity contribution in [1.29, 1.82) is 0 Å². The summed E-state index contributed by atoms with van der Waals surface area (Å²) < 4.78 is 13.4. The fourth-order valence-electron chi connectivity index (χ4n) is 1.19. The highest BCUT2D eigenvalue weighted by molar-refractivity contribution is 6.30. The van der Waals surface area contributed by atoms with Gasteiger partial charge in [-0.1, -0.05) is 32.4 Å². The lowest BCUT2D eigenvalue weighted by molar-refractivity contribution is -0.119. The van der Waals surface area contributed by atoms with E-state index in [0.717, 1.165) is 6.07 Å². The van der Waals surface area contributed by atoms with E-state index in [4.69, 9.17) is 17.3 Å². The van der Waals surface area contributed by atoms with Crippen molar-refractivity contribution in [2.24, 2.45) is 11.1 Å². The third-order valence-electron chi connectivity index (χ3n) is 2.40. The maximum Gasteiger partial charge on any atom is 0.241 e. The number of hydrogen-bond donors (Lipinski definition) is 2. The molecular formula is C12H16ClFN2O. The lowest BCUT2D eigenvalue weighted by atomic mass is 9.87. The number of benzene rings is 1. The highest BCUT2D eigenvalue weighted by Gasteiger charge is 2.27. The van der Waals surface area contributed by atoms with Gasteiger partial charge in [-0.2, -0.15) is 0 Å². The smallest absolute Gasteiger partial charge is 0.241 e. The molecule has 0 saturated carbocycles. The highest BCUT2D eigenvalue weighted by Crippen LogP contribution is 2.22. The summed E-state index contributed by atoms with van der Waals surface area (Å²) in [5.41, 5.74) is 5.46. The summed E-state index contributed by atoms with van der Waals surface area (Å²) in [7, 11) is 0. The third-order valence-corrected chi connectivity index (χ3v) is 2.64. The van der Waals surface area contributed by atoms with Gasteiger partial charge in [-0.05, 0) is 23.6 Å². The van der Waals surface area contributed by atoms with Crippen LogP contribution in [0.5, 0.6) is 0 Å². The number of nitrogens with one attached hydrogen (secondary N) is 1. The van der Waals surface area contributed by atoms with Gasteiger partial charge in [-0.15, -0.1) is 0 Å². The lowest BCUT2D eigenvalue weighted by Crippen LogP contribution is -2.45. The zero-order valence-electron chi connectivity index (χ0n) is 10.1. The molecule has 0 bridgehead atoms. The van der Waals surface area contributed by atoms with Gasteiger partial charge in [0.1, 0.15) is 5.82 Å². The van der Waals surface area contributed by atoms with E-state index in [2.05, 4.69) is 5.32 Å². The number of carbonyl (C=O) groups is 1. The van der Waals surface area contributed by atoms with Crippen molar-refractivity contribution in [3.05, 3.63) is 29.0 Å². The molecule has 0 aliphatic heterocycles. The molecule has 0 aliphatic rings. The molecule has 0 aromatic heterocycles. The van der Waals surface area contributed by atoms with Crippen LogP contribution in [0.1, 0.15) is 20.8 Å². The average molecular weight is 259 g/mol. The van der Waals surface area contributed by atoms with Gasteiger partial charge in [0.25, 0.3) is 0 Å². The van der Waals surface area contributed by atoms with Crippen molar-refractivity contribution in [3.63, 3.8) is 0 Å². The van der Waals surface area contributed by atoms with Crippen molar-refractivity contribution in [3.8, 4) is 0 Å². The van der Waals surface area contributed by atoms with Crippen LogP contribution in [0.25, 0.3) is 0 Å². The maximum atomic E-state index is 13.4. The van der Waals surface area contributed by atoms with Crippen molar-refractivity contribution < 1.29 is 9.18 Å². The molecule has 1 aromatic rings. The molecule has 0 heterocycles. The molecule has 0 spiro atoms. The number of rotatable bonds is 2. The molecule has 3 nitrogen and oxygen atoms in total. The van der Waals surface area contributed by atoms with Gasteiger partial charge in [0.2, 0.25) is 5.91 Å².